The molecule has 1 fully saturated rings. The number of ether oxygens (including phenoxy) is 1. The van der Waals surface area contributed by atoms with Crippen LogP contribution < -0.4 is 10.1 Å². The fraction of sp³-hybridized carbons (Fsp3) is 0.385. The lowest BCUT2D eigenvalue weighted by molar-refractivity contribution is -0.142. The molecule has 1 amide bonds. The largest absolute Gasteiger partial charge is 0.484 e. The minimum atomic E-state index is -1.05. The maximum absolute atomic E-state index is 12.9. The second-order valence-electron chi connectivity index (χ2n) is 4.59. The molecule has 0 aromatic heterocycles. The average molecular weight is 302 g/mol. The summed E-state index contributed by atoms with van der Waals surface area (Å²) in [4.78, 5) is 22.6. The lowest BCUT2D eigenvalue weighted by Crippen LogP contribution is -2.44. The number of carboxylic acid groups (broad SMARTS) is 1. The highest BCUT2D eigenvalue weighted by Gasteiger charge is 2.37. The van der Waals surface area contributed by atoms with Gasteiger partial charge in [-0.05, 0) is 30.9 Å². The highest BCUT2D eigenvalue weighted by atomic mass is 35.5. The van der Waals surface area contributed by atoms with Gasteiger partial charge in [0.15, 0.2) is 6.61 Å². The van der Waals surface area contributed by atoms with E-state index in [0.29, 0.717) is 0 Å². The van der Waals surface area contributed by atoms with Gasteiger partial charge in [-0.15, -0.1) is 0 Å². The van der Waals surface area contributed by atoms with Gasteiger partial charge in [0.1, 0.15) is 17.6 Å². The van der Waals surface area contributed by atoms with Crippen molar-refractivity contribution < 1.29 is 23.8 Å². The molecule has 1 aromatic rings. The zero-order chi connectivity index (χ0) is 14.7. The number of carbonyl (C=O) groups is 2. The zero-order valence-electron chi connectivity index (χ0n) is 10.4. The molecular formula is C13H13ClFNO4. The van der Waals surface area contributed by atoms with E-state index in [9.17, 15) is 14.0 Å². The Kier molecular flexibility index (Phi) is 4.44. The summed E-state index contributed by atoms with van der Waals surface area (Å²) >= 11 is 5.57. The molecule has 1 unspecified atom stereocenters. The molecule has 0 radical (unpaired) electrons. The standard InChI is InChI=1S/C13H13ClFNO4/c14-9-5-8(3-4-10(9)15)20-6-11(17)16-12(13(18)19)7-1-2-7/h3-5,7,12H,1-2,6H2,(H,16,17)(H,18,19). The van der Waals surface area contributed by atoms with Crippen LogP contribution in [0.4, 0.5) is 4.39 Å². The highest BCUT2D eigenvalue weighted by Crippen LogP contribution is 2.32. The SMILES string of the molecule is O=C(COc1ccc(F)c(Cl)c1)NC(C(=O)O)C1CC1. The van der Waals surface area contributed by atoms with Gasteiger partial charge in [0, 0.05) is 6.07 Å². The predicted octanol–water partition coefficient (Wildman–Crippen LogP) is 1.84. The fourth-order valence-electron chi connectivity index (χ4n) is 1.74. The maximum Gasteiger partial charge on any atom is 0.326 e. The molecule has 108 valence electrons. The molecule has 0 saturated heterocycles. The third kappa shape index (κ3) is 3.84. The number of carboxylic acids is 1. The Morgan fingerprint density at radius 1 is 1.50 bits per heavy atom. The number of halogens is 2. The number of benzene rings is 1. The highest BCUT2D eigenvalue weighted by molar-refractivity contribution is 6.30. The fourth-order valence-corrected chi connectivity index (χ4v) is 1.91. The van der Waals surface area contributed by atoms with Crippen LogP contribution in [-0.2, 0) is 9.59 Å². The van der Waals surface area contributed by atoms with Crippen molar-refractivity contribution in [2.45, 2.75) is 18.9 Å². The Labute approximate surface area is 119 Å². The number of rotatable bonds is 6. The number of hydrogen-bond donors (Lipinski definition) is 2. The van der Waals surface area contributed by atoms with Crippen molar-refractivity contribution in [3.8, 4) is 5.75 Å². The predicted molar refractivity (Wildman–Crippen MR) is 69.2 cm³/mol. The molecule has 1 aliphatic rings. The van der Waals surface area contributed by atoms with E-state index in [0.717, 1.165) is 18.9 Å². The number of carbonyl (C=O) groups excluding carboxylic acids is 1. The Hall–Kier alpha value is -1.82. The summed E-state index contributed by atoms with van der Waals surface area (Å²) in [5, 5.41) is 11.3. The molecule has 0 heterocycles. The van der Waals surface area contributed by atoms with E-state index < -0.39 is 23.7 Å². The average Bonchev–Trinajstić information content (AvgIpc) is 3.21. The third-order valence-corrected chi connectivity index (χ3v) is 3.23. The molecule has 20 heavy (non-hydrogen) atoms. The second-order valence-corrected chi connectivity index (χ2v) is 4.99. The van der Waals surface area contributed by atoms with Crippen LogP contribution in [-0.4, -0.2) is 29.6 Å². The Balaban J connectivity index is 1.85. The van der Waals surface area contributed by atoms with Crippen molar-refractivity contribution >= 4 is 23.5 Å². The van der Waals surface area contributed by atoms with Crippen molar-refractivity contribution in [2.24, 2.45) is 5.92 Å². The van der Waals surface area contributed by atoms with E-state index in [1.54, 1.807) is 0 Å². The van der Waals surface area contributed by atoms with Crippen molar-refractivity contribution in [1.29, 1.82) is 0 Å². The van der Waals surface area contributed by atoms with Gasteiger partial charge in [0.25, 0.3) is 5.91 Å². The number of aliphatic carboxylic acids is 1. The van der Waals surface area contributed by atoms with Crippen LogP contribution in [0, 0.1) is 11.7 Å². The maximum atomic E-state index is 12.9. The summed E-state index contributed by atoms with van der Waals surface area (Å²) in [5.74, 6) is -1.93. The first-order valence-electron chi connectivity index (χ1n) is 6.07. The van der Waals surface area contributed by atoms with Crippen LogP contribution in [0.25, 0.3) is 0 Å². The Morgan fingerprint density at radius 3 is 2.75 bits per heavy atom. The number of nitrogens with one attached hydrogen (secondary N) is 1. The summed E-state index contributed by atoms with van der Waals surface area (Å²) in [7, 11) is 0. The molecule has 0 bridgehead atoms. The first kappa shape index (κ1) is 14.6. The van der Waals surface area contributed by atoms with Gasteiger partial charge in [0.05, 0.1) is 5.02 Å². The monoisotopic (exact) mass is 301 g/mol. The molecule has 1 aromatic carbocycles. The summed E-state index contributed by atoms with van der Waals surface area (Å²) < 4.78 is 18.1. The smallest absolute Gasteiger partial charge is 0.326 e. The van der Waals surface area contributed by atoms with Crippen LogP contribution >= 0.6 is 11.6 Å². The lowest BCUT2D eigenvalue weighted by Gasteiger charge is -2.14. The summed E-state index contributed by atoms with van der Waals surface area (Å²) in [6.45, 7) is -0.349. The van der Waals surface area contributed by atoms with E-state index in [2.05, 4.69) is 5.32 Å². The third-order valence-electron chi connectivity index (χ3n) is 2.94. The molecule has 1 aliphatic carbocycles. The summed E-state index contributed by atoms with van der Waals surface area (Å²) in [6, 6.07) is 2.84. The number of hydrogen-bond acceptors (Lipinski definition) is 3. The summed E-state index contributed by atoms with van der Waals surface area (Å²) in [5.41, 5.74) is 0. The van der Waals surface area contributed by atoms with Crippen LogP contribution in [0.15, 0.2) is 18.2 Å². The van der Waals surface area contributed by atoms with Crippen LogP contribution in [0.3, 0.4) is 0 Å². The summed E-state index contributed by atoms with van der Waals surface area (Å²) in [6.07, 6.45) is 1.59. The molecule has 5 nitrogen and oxygen atoms in total. The van der Waals surface area contributed by atoms with Crippen molar-refractivity contribution in [3.05, 3.63) is 29.0 Å². The molecule has 0 aliphatic heterocycles. The molecule has 2 rings (SSSR count). The van der Waals surface area contributed by atoms with Gasteiger partial charge in [-0.25, -0.2) is 9.18 Å². The van der Waals surface area contributed by atoms with E-state index >= 15 is 0 Å². The zero-order valence-corrected chi connectivity index (χ0v) is 11.2. The lowest BCUT2D eigenvalue weighted by atomic mass is 10.2. The van der Waals surface area contributed by atoms with E-state index in [-0.39, 0.29) is 23.3 Å². The molecule has 1 saturated carbocycles. The first-order chi connectivity index (χ1) is 9.47. The van der Waals surface area contributed by atoms with Gasteiger partial charge in [-0.1, -0.05) is 11.6 Å². The minimum absolute atomic E-state index is 0.00304. The molecule has 1 atom stereocenters. The van der Waals surface area contributed by atoms with Crippen molar-refractivity contribution in [3.63, 3.8) is 0 Å². The minimum Gasteiger partial charge on any atom is -0.484 e. The Morgan fingerprint density at radius 2 is 2.20 bits per heavy atom. The first-order valence-corrected chi connectivity index (χ1v) is 6.45. The quantitative estimate of drug-likeness (QED) is 0.840. The Bertz CT molecular complexity index is 533. The molecular weight excluding hydrogens is 289 g/mol. The van der Waals surface area contributed by atoms with Gasteiger partial charge < -0.3 is 15.2 Å². The number of amides is 1. The van der Waals surface area contributed by atoms with Gasteiger partial charge >= 0.3 is 5.97 Å². The molecule has 7 heteroatoms. The van der Waals surface area contributed by atoms with Crippen molar-refractivity contribution in [1.82, 2.24) is 5.32 Å². The van der Waals surface area contributed by atoms with Gasteiger partial charge in [-0.3, -0.25) is 4.79 Å². The second kappa shape index (κ2) is 6.09. The van der Waals surface area contributed by atoms with E-state index in [1.807, 2.05) is 0 Å². The van der Waals surface area contributed by atoms with Crippen LogP contribution in [0.5, 0.6) is 5.75 Å². The van der Waals surface area contributed by atoms with Crippen molar-refractivity contribution in [2.75, 3.05) is 6.61 Å². The topological polar surface area (TPSA) is 75.6 Å². The van der Waals surface area contributed by atoms with E-state index in [4.69, 9.17) is 21.4 Å². The van der Waals surface area contributed by atoms with Gasteiger partial charge in [0.2, 0.25) is 0 Å². The van der Waals surface area contributed by atoms with Crippen LogP contribution in [0.2, 0.25) is 5.02 Å². The van der Waals surface area contributed by atoms with Gasteiger partial charge in [-0.2, -0.15) is 0 Å². The van der Waals surface area contributed by atoms with E-state index in [1.165, 1.54) is 12.1 Å². The van der Waals surface area contributed by atoms with Crippen LogP contribution in [0.1, 0.15) is 12.8 Å². The normalized spacial score (nSPS) is 15.5. The molecule has 0 spiro atoms. The molecule has 2 N–H and O–H groups in total.